The van der Waals surface area contributed by atoms with Crippen molar-refractivity contribution >= 4 is 5.91 Å². The number of halogens is 1. The van der Waals surface area contributed by atoms with Gasteiger partial charge in [-0.15, -0.1) is 0 Å². The van der Waals surface area contributed by atoms with Crippen molar-refractivity contribution in [3.63, 3.8) is 0 Å². The smallest absolute Gasteiger partial charge is 0.289 e. The van der Waals surface area contributed by atoms with Gasteiger partial charge in [-0.05, 0) is 56.3 Å². The molecule has 4 nitrogen and oxygen atoms in total. The molecular formula is C17H19FN2O2. The monoisotopic (exact) mass is 302 g/mol. The minimum absolute atomic E-state index is 0.0777. The topological polar surface area (TPSA) is 45.5 Å². The first-order chi connectivity index (χ1) is 10.7. The number of likely N-dealkylation sites (tertiary alicyclic amines) is 1. The molecule has 1 aromatic heterocycles. The molecule has 1 amide bonds. The van der Waals surface area contributed by atoms with Gasteiger partial charge in [0.15, 0.2) is 5.76 Å². The largest absolute Gasteiger partial charge is 0.451 e. The Hall–Kier alpha value is -2.14. The van der Waals surface area contributed by atoms with Crippen LogP contribution in [0.5, 0.6) is 0 Å². The fourth-order valence-electron chi connectivity index (χ4n) is 2.91. The van der Waals surface area contributed by atoms with Gasteiger partial charge in [0.25, 0.3) is 5.91 Å². The van der Waals surface area contributed by atoms with Crippen molar-refractivity contribution in [3.8, 4) is 11.3 Å². The Balaban J connectivity index is 1.78. The van der Waals surface area contributed by atoms with Crippen LogP contribution < -0.4 is 5.32 Å². The molecule has 1 N–H and O–H groups in total. The van der Waals surface area contributed by atoms with E-state index >= 15 is 0 Å². The van der Waals surface area contributed by atoms with E-state index in [2.05, 4.69) is 5.32 Å². The second-order valence-corrected chi connectivity index (χ2v) is 5.52. The van der Waals surface area contributed by atoms with Gasteiger partial charge in [-0.25, -0.2) is 4.39 Å². The molecule has 1 fully saturated rings. The zero-order chi connectivity index (χ0) is 15.5. The summed E-state index contributed by atoms with van der Waals surface area (Å²) in [5, 5.41) is 3.12. The number of likely N-dealkylation sites (N-methyl/N-ethyl adjacent to an activating group) is 1. The van der Waals surface area contributed by atoms with Gasteiger partial charge in [0.1, 0.15) is 11.6 Å². The van der Waals surface area contributed by atoms with Gasteiger partial charge in [-0.1, -0.05) is 0 Å². The molecule has 5 heteroatoms. The fourth-order valence-corrected chi connectivity index (χ4v) is 2.91. The van der Waals surface area contributed by atoms with Crippen LogP contribution in [0.2, 0.25) is 0 Å². The van der Waals surface area contributed by atoms with E-state index in [9.17, 15) is 9.18 Å². The third-order valence-corrected chi connectivity index (χ3v) is 4.02. The van der Waals surface area contributed by atoms with Crippen molar-refractivity contribution in [1.29, 1.82) is 0 Å². The molecule has 2 aromatic rings. The second kappa shape index (κ2) is 6.32. The molecule has 0 spiro atoms. The third kappa shape index (κ3) is 2.90. The Labute approximate surface area is 128 Å². The molecule has 1 aliphatic heterocycles. The summed E-state index contributed by atoms with van der Waals surface area (Å²) in [5.41, 5.74) is 0.758. The fraction of sp³-hybridized carbons (Fsp3) is 0.353. The number of hydrogen-bond acceptors (Lipinski definition) is 3. The number of nitrogens with zero attached hydrogens (tertiary/aromatic N) is 1. The predicted molar refractivity (Wildman–Crippen MR) is 82.1 cm³/mol. The number of carbonyl (C=O) groups excluding carboxylic acids is 1. The first-order valence-electron chi connectivity index (χ1n) is 7.50. The maximum absolute atomic E-state index is 13.0. The van der Waals surface area contributed by atoms with Crippen LogP contribution in [0.4, 0.5) is 4.39 Å². The highest BCUT2D eigenvalue weighted by Crippen LogP contribution is 2.25. The Morgan fingerprint density at radius 2 is 2.09 bits per heavy atom. The van der Waals surface area contributed by atoms with Crippen LogP contribution in [0.1, 0.15) is 23.4 Å². The Morgan fingerprint density at radius 3 is 2.82 bits per heavy atom. The molecule has 0 radical (unpaired) electrons. The molecule has 1 saturated heterocycles. The van der Waals surface area contributed by atoms with E-state index in [4.69, 9.17) is 4.42 Å². The van der Waals surface area contributed by atoms with Crippen LogP contribution in [-0.4, -0.2) is 37.0 Å². The van der Waals surface area contributed by atoms with Crippen molar-refractivity contribution in [2.45, 2.75) is 18.9 Å². The van der Waals surface area contributed by atoms with Gasteiger partial charge >= 0.3 is 0 Å². The van der Waals surface area contributed by atoms with Gasteiger partial charge < -0.3 is 14.6 Å². The highest BCUT2D eigenvalue weighted by atomic mass is 19.1. The molecule has 1 aromatic carbocycles. The summed E-state index contributed by atoms with van der Waals surface area (Å²) in [6.07, 6.45) is 2.03. The normalized spacial score (nSPS) is 17.9. The number of nitrogens with one attached hydrogen (secondary N) is 1. The molecular weight excluding hydrogens is 283 g/mol. The quantitative estimate of drug-likeness (QED) is 0.944. The number of hydrogen-bond donors (Lipinski definition) is 1. The molecule has 1 aliphatic rings. The summed E-state index contributed by atoms with van der Waals surface area (Å²) in [5.74, 6) is 0.541. The van der Waals surface area contributed by atoms with E-state index in [0.717, 1.165) is 31.5 Å². The zero-order valence-corrected chi connectivity index (χ0v) is 12.5. The van der Waals surface area contributed by atoms with Gasteiger partial charge in [0, 0.05) is 24.7 Å². The molecule has 0 bridgehead atoms. The molecule has 1 unspecified atom stereocenters. The van der Waals surface area contributed by atoms with Crippen LogP contribution in [0.15, 0.2) is 40.8 Å². The summed E-state index contributed by atoms with van der Waals surface area (Å²) in [6.45, 7) is 1.55. The molecule has 116 valence electrons. The lowest BCUT2D eigenvalue weighted by molar-refractivity contribution is 0.0705. The second-order valence-electron chi connectivity index (χ2n) is 5.52. The first-order valence-corrected chi connectivity index (χ1v) is 7.50. The van der Waals surface area contributed by atoms with Crippen molar-refractivity contribution in [1.82, 2.24) is 10.2 Å². The van der Waals surface area contributed by atoms with Crippen LogP contribution in [0.3, 0.4) is 0 Å². The molecule has 22 heavy (non-hydrogen) atoms. The van der Waals surface area contributed by atoms with Crippen molar-refractivity contribution < 1.29 is 13.6 Å². The van der Waals surface area contributed by atoms with E-state index in [0.29, 0.717) is 11.5 Å². The van der Waals surface area contributed by atoms with Crippen molar-refractivity contribution in [2.75, 3.05) is 20.1 Å². The average molecular weight is 302 g/mol. The number of amides is 1. The average Bonchev–Trinajstić information content (AvgIpc) is 3.17. The molecule has 3 rings (SSSR count). The van der Waals surface area contributed by atoms with Crippen LogP contribution >= 0.6 is 0 Å². The van der Waals surface area contributed by atoms with Crippen molar-refractivity contribution in [2.24, 2.45) is 0 Å². The lowest BCUT2D eigenvalue weighted by Crippen LogP contribution is -2.40. The van der Waals surface area contributed by atoms with Gasteiger partial charge in [0.05, 0.1) is 0 Å². The zero-order valence-electron chi connectivity index (χ0n) is 12.5. The molecule has 0 saturated carbocycles. The lowest BCUT2D eigenvalue weighted by Gasteiger charge is -2.23. The maximum Gasteiger partial charge on any atom is 0.289 e. The van der Waals surface area contributed by atoms with E-state index in [-0.39, 0.29) is 17.8 Å². The highest BCUT2D eigenvalue weighted by molar-refractivity contribution is 5.92. The van der Waals surface area contributed by atoms with Crippen LogP contribution in [0.25, 0.3) is 11.3 Å². The third-order valence-electron chi connectivity index (χ3n) is 4.02. The Morgan fingerprint density at radius 1 is 1.32 bits per heavy atom. The SMILES string of the molecule is CNCC1CCCN1C(=O)c1ccc(-c2ccc(F)cc2)o1. The van der Waals surface area contributed by atoms with Crippen LogP contribution in [-0.2, 0) is 0 Å². The minimum atomic E-state index is -0.293. The lowest BCUT2D eigenvalue weighted by atomic mass is 10.2. The number of benzene rings is 1. The summed E-state index contributed by atoms with van der Waals surface area (Å²) < 4.78 is 18.6. The Bertz CT molecular complexity index is 651. The van der Waals surface area contributed by atoms with E-state index in [1.54, 1.807) is 24.3 Å². The number of furan rings is 1. The first kappa shape index (κ1) is 14.8. The highest BCUT2D eigenvalue weighted by Gasteiger charge is 2.30. The van der Waals surface area contributed by atoms with Gasteiger partial charge in [-0.2, -0.15) is 0 Å². The van der Waals surface area contributed by atoms with Crippen molar-refractivity contribution in [3.05, 3.63) is 48.0 Å². The molecule has 1 atom stereocenters. The number of rotatable bonds is 4. The van der Waals surface area contributed by atoms with Crippen LogP contribution in [0, 0.1) is 5.82 Å². The summed E-state index contributed by atoms with van der Waals surface area (Å²) >= 11 is 0. The summed E-state index contributed by atoms with van der Waals surface area (Å²) in [7, 11) is 1.89. The van der Waals surface area contributed by atoms with E-state index in [1.165, 1.54) is 12.1 Å². The number of carbonyl (C=O) groups is 1. The maximum atomic E-state index is 13.0. The molecule has 0 aliphatic carbocycles. The predicted octanol–water partition coefficient (Wildman–Crippen LogP) is 2.91. The molecule has 2 heterocycles. The standard InChI is InChI=1S/C17H19FN2O2/c1-19-11-14-3-2-10-20(14)17(21)16-9-8-15(22-16)12-4-6-13(18)7-5-12/h4-9,14,19H,2-3,10-11H2,1H3. The summed E-state index contributed by atoms with van der Waals surface area (Å²) in [4.78, 5) is 14.4. The Kier molecular flexibility index (Phi) is 4.24. The minimum Gasteiger partial charge on any atom is -0.451 e. The van der Waals surface area contributed by atoms with E-state index < -0.39 is 0 Å². The summed E-state index contributed by atoms with van der Waals surface area (Å²) in [6, 6.07) is 9.70. The van der Waals surface area contributed by atoms with E-state index in [1.807, 2.05) is 11.9 Å². The van der Waals surface area contributed by atoms with Gasteiger partial charge in [-0.3, -0.25) is 4.79 Å². The van der Waals surface area contributed by atoms with Gasteiger partial charge in [0.2, 0.25) is 0 Å².